The summed E-state index contributed by atoms with van der Waals surface area (Å²) in [5, 5.41) is 17.9. The molecule has 0 saturated carbocycles. The molecule has 0 radical (unpaired) electrons. The minimum atomic E-state index is -3.63. The van der Waals surface area contributed by atoms with Crippen molar-refractivity contribution in [2.45, 2.75) is 22.1 Å². The monoisotopic (exact) mass is 498 g/mol. The number of aromatic nitrogens is 2. The van der Waals surface area contributed by atoms with Crippen LogP contribution in [0.5, 0.6) is 0 Å². The van der Waals surface area contributed by atoms with Crippen LogP contribution in [0.4, 0.5) is 0 Å². The van der Waals surface area contributed by atoms with E-state index in [1.54, 1.807) is 30.0 Å². The van der Waals surface area contributed by atoms with Gasteiger partial charge in [0.25, 0.3) is 0 Å². The van der Waals surface area contributed by atoms with E-state index in [1.165, 1.54) is 0 Å². The second-order valence-electron chi connectivity index (χ2n) is 7.49. The summed E-state index contributed by atoms with van der Waals surface area (Å²) in [5.74, 6) is -0.182. The summed E-state index contributed by atoms with van der Waals surface area (Å²) in [6.45, 7) is 0. The Morgan fingerprint density at radius 3 is 2.39 bits per heavy atom. The summed E-state index contributed by atoms with van der Waals surface area (Å²) >= 11 is 7.88. The fraction of sp³-hybridized carbons (Fsp3) is 0.125. The lowest BCUT2D eigenvalue weighted by Crippen LogP contribution is -2.06. The van der Waals surface area contributed by atoms with Crippen LogP contribution in [0, 0.1) is 0 Å². The van der Waals surface area contributed by atoms with Crippen LogP contribution in [-0.4, -0.2) is 35.9 Å². The second-order valence-corrected chi connectivity index (χ2v) is 10.9. The highest BCUT2D eigenvalue weighted by Crippen LogP contribution is 2.36. The number of carboxylic acid groups (broad SMARTS) is 1. The van der Waals surface area contributed by atoms with E-state index >= 15 is 0 Å². The van der Waals surface area contributed by atoms with Crippen LogP contribution >= 0.6 is 23.4 Å². The van der Waals surface area contributed by atoms with E-state index in [9.17, 15) is 13.2 Å². The molecule has 1 heterocycles. The molecular formula is C24H19ClN2O4S2. The van der Waals surface area contributed by atoms with Gasteiger partial charge in [-0.25, -0.2) is 8.42 Å². The number of carboxylic acids is 1. The molecule has 0 spiro atoms. The minimum Gasteiger partial charge on any atom is -0.481 e. The highest BCUT2D eigenvalue weighted by Gasteiger charge is 2.21. The number of thioether (sulfide) groups is 1. The van der Waals surface area contributed by atoms with Gasteiger partial charge in [0.2, 0.25) is 0 Å². The molecule has 0 bridgehead atoms. The van der Waals surface area contributed by atoms with Gasteiger partial charge in [0.1, 0.15) is 5.52 Å². The average molecular weight is 499 g/mol. The number of benzene rings is 3. The van der Waals surface area contributed by atoms with Gasteiger partial charge in [0, 0.05) is 27.9 Å². The summed E-state index contributed by atoms with van der Waals surface area (Å²) in [6.07, 6.45) is 1.11. The van der Waals surface area contributed by atoms with Gasteiger partial charge < -0.3 is 5.11 Å². The Hall–Kier alpha value is -2.94. The Morgan fingerprint density at radius 2 is 1.70 bits per heavy atom. The Balaban J connectivity index is 1.68. The van der Waals surface area contributed by atoms with Crippen LogP contribution in [0.1, 0.15) is 11.1 Å². The van der Waals surface area contributed by atoms with E-state index in [1.807, 2.05) is 48.5 Å². The fourth-order valence-electron chi connectivity index (χ4n) is 3.45. The summed E-state index contributed by atoms with van der Waals surface area (Å²) < 4.78 is 24.9. The number of aliphatic carboxylic acids is 1. The maximum atomic E-state index is 12.5. The van der Waals surface area contributed by atoms with E-state index in [-0.39, 0.29) is 11.4 Å². The number of hydrogen-bond donors (Lipinski definition) is 1. The lowest BCUT2D eigenvalue weighted by atomic mass is 10.0. The van der Waals surface area contributed by atoms with Crippen molar-refractivity contribution in [1.29, 1.82) is 0 Å². The average Bonchev–Trinajstić information content (AvgIpc) is 2.77. The first-order chi connectivity index (χ1) is 15.7. The van der Waals surface area contributed by atoms with Gasteiger partial charge in [0.05, 0.1) is 11.4 Å². The molecule has 0 amide bonds. The van der Waals surface area contributed by atoms with Crippen molar-refractivity contribution in [3.63, 3.8) is 0 Å². The maximum absolute atomic E-state index is 12.5. The highest BCUT2D eigenvalue weighted by atomic mass is 35.5. The standard InChI is InChI=1S/C24H19ClN2O4S2/c1-33(30,31)24-22(19-6-3-7-20(25)23(19)26-27-24)17-4-2-5-18(13-17)32-14-16-10-8-15(9-11-16)12-21(28)29/h2-11,13H,12,14H2,1H3,(H,28,29). The first-order valence-corrected chi connectivity index (χ1v) is 13.2. The lowest BCUT2D eigenvalue weighted by Gasteiger charge is -2.12. The summed E-state index contributed by atoms with van der Waals surface area (Å²) in [4.78, 5) is 11.8. The highest BCUT2D eigenvalue weighted by molar-refractivity contribution is 7.98. The Bertz CT molecular complexity index is 1460. The number of fused-ring (bicyclic) bond motifs is 1. The van der Waals surface area contributed by atoms with Crippen LogP contribution in [0.15, 0.2) is 76.7 Å². The molecule has 33 heavy (non-hydrogen) atoms. The van der Waals surface area contributed by atoms with Gasteiger partial charge >= 0.3 is 5.97 Å². The van der Waals surface area contributed by atoms with Crippen molar-refractivity contribution in [2.24, 2.45) is 0 Å². The van der Waals surface area contributed by atoms with E-state index in [0.29, 0.717) is 32.8 Å². The first-order valence-electron chi connectivity index (χ1n) is 9.90. The van der Waals surface area contributed by atoms with Crippen molar-refractivity contribution in [2.75, 3.05) is 6.26 Å². The van der Waals surface area contributed by atoms with E-state index in [0.717, 1.165) is 22.3 Å². The molecule has 3 aromatic carbocycles. The zero-order valence-corrected chi connectivity index (χ0v) is 19.9. The van der Waals surface area contributed by atoms with E-state index < -0.39 is 15.8 Å². The number of nitrogens with zero attached hydrogens (tertiary/aromatic N) is 2. The lowest BCUT2D eigenvalue weighted by molar-refractivity contribution is -0.136. The van der Waals surface area contributed by atoms with Gasteiger partial charge in [-0.2, -0.15) is 0 Å². The van der Waals surface area contributed by atoms with Crippen LogP contribution in [-0.2, 0) is 26.8 Å². The predicted molar refractivity (Wildman–Crippen MR) is 130 cm³/mol. The maximum Gasteiger partial charge on any atom is 0.307 e. The van der Waals surface area contributed by atoms with Crippen LogP contribution in [0.3, 0.4) is 0 Å². The Labute approximate surface area is 200 Å². The molecule has 0 aliphatic rings. The molecular weight excluding hydrogens is 480 g/mol. The summed E-state index contributed by atoms with van der Waals surface area (Å²) in [5.41, 5.74) is 3.44. The van der Waals surface area contributed by atoms with Gasteiger partial charge in [-0.1, -0.05) is 60.1 Å². The molecule has 0 unspecified atom stereocenters. The van der Waals surface area contributed by atoms with Gasteiger partial charge in [-0.15, -0.1) is 22.0 Å². The molecule has 0 fully saturated rings. The zero-order chi connectivity index (χ0) is 23.6. The van der Waals surface area contributed by atoms with Crippen LogP contribution in [0.25, 0.3) is 22.0 Å². The smallest absolute Gasteiger partial charge is 0.307 e. The third-order valence-corrected chi connectivity index (χ3v) is 7.33. The molecule has 9 heteroatoms. The molecule has 1 N–H and O–H groups in total. The topological polar surface area (TPSA) is 97.2 Å². The molecule has 0 aliphatic heterocycles. The Kier molecular flexibility index (Phi) is 6.69. The second kappa shape index (κ2) is 9.51. The third kappa shape index (κ3) is 5.35. The van der Waals surface area contributed by atoms with Crippen molar-refractivity contribution in [3.8, 4) is 11.1 Å². The number of sulfone groups is 1. The van der Waals surface area contributed by atoms with Crippen molar-refractivity contribution >= 4 is 50.1 Å². The van der Waals surface area contributed by atoms with Crippen LogP contribution in [0.2, 0.25) is 5.02 Å². The first kappa shape index (κ1) is 23.2. The van der Waals surface area contributed by atoms with Gasteiger partial charge in [-0.3, -0.25) is 4.79 Å². The molecule has 1 aromatic heterocycles. The number of hydrogen-bond acceptors (Lipinski definition) is 6. The Morgan fingerprint density at radius 1 is 1.00 bits per heavy atom. The normalized spacial score (nSPS) is 11.6. The minimum absolute atomic E-state index is 0.00389. The summed E-state index contributed by atoms with van der Waals surface area (Å²) in [7, 11) is -3.63. The number of rotatable bonds is 7. The third-order valence-electron chi connectivity index (χ3n) is 4.97. The molecule has 6 nitrogen and oxygen atoms in total. The number of carbonyl (C=O) groups is 1. The largest absolute Gasteiger partial charge is 0.481 e. The number of halogens is 1. The van der Waals surface area contributed by atoms with E-state index in [4.69, 9.17) is 16.7 Å². The molecule has 0 atom stereocenters. The van der Waals surface area contributed by atoms with Crippen LogP contribution < -0.4 is 0 Å². The van der Waals surface area contributed by atoms with Crippen molar-refractivity contribution < 1.29 is 18.3 Å². The molecule has 0 aliphatic carbocycles. The van der Waals surface area contributed by atoms with Crippen molar-refractivity contribution in [1.82, 2.24) is 10.2 Å². The van der Waals surface area contributed by atoms with Crippen molar-refractivity contribution in [3.05, 3.63) is 82.9 Å². The SMILES string of the molecule is CS(=O)(=O)c1nnc2c(Cl)cccc2c1-c1cccc(SCc2ccc(CC(=O)O)cc2)c1. The molecule has 168 valence electrons. The van der Waals surface area contributed by atoms with Gasteiger partial charge in [-0.05, 0) is 34.9 Å². The van der Waals surface area contributed by atoms with E-state index in [2.05, 4.69) is 10.2 Å². The van der Waals surface area contributed by atoms with Gasteiger partial charge in [0.15, 0.2) is 14.9 Å². The zero-order valence-electron chi connectivity index (χ0n) is 17.5. The fourth-order valence-corrected chi connectivity index (χ4v) is 5.36. The molecule has 4 rings (SSSR count). The molecule has 0 saturated heterocycles. The predicted octanol–water partition coefficient (Wildman–Crippen LogP) is 5.27. The quantitative estimate of drug-likeness (QED) is 0.346. The molecule has 4 aromatic rings. The summed E-state index contributed by atoms with van der Waals surface area (Å²) in [6, 6.07) is 20.3.